The molecule has 0 saturated heterocycles. The van der Waals surface area contributed by atoms with Crippen LogP contribution in [0.15, 0.2) is 40.9 Å². The van der Waals surface area contributed by atoms with Gasteiger partial charge in [-0.05, 0) is 40.5 Å². The topological polar surface area (TPSA) is 29.5 Å². The minimum absolute atomic E-state index is 0.0722. The predicted octanol–water partition coefficient (Wildman–Crippen LogP) is 4.57. The number of aliphatic hydroxyl groups is 1. The minimum atomic E-state index is -0.702. The van der Waals surface area contributed by atoms with Crippen molar-refractivity contribution in [3.05, 3.63) is 58.1 Å². The molecule has 0 fully saturated rings. The van der Waals surface area contributed by atoms with Crippen LogP contribution < -0.4 is 4.74 Å². The van der Waals surface area contributed by atoms with E-state index in [2.05, 4.69) is 15.9 Å². The van der Waals surface area contributed by atoms with E-state index in [1.165, 1.54) is 0 Å². The summed E-state index contributed by atoms with van der Waals surface area (Å²) in [6.45, 7) is 1.64. The Bertz CT molecular complexity index is 580. The summed E-state index contributed by atoms with van der Waals surface area (Å²) in [5.74, 6) is -0.921. The Balaban J connectivity index is 2.28. The predicted molar refractivity (Wildman–Crippen MR) is 71.2 cm³/mol. The second-order valence-electron chi connectivity index (χ2n) is 4.07. The molecule has 0 aliphatic rings. The van der Waals surface area contributed by atoms with Gasteiger partial charge in [-0.1, -0.05) is 6.07 Å². The first-order valence-electron chi connectivity index (χ1n) is 5.57. The third-order valence-electron chi connectivity index (χ3n) is 2.50. The number of hydrogen-bond donors (Lipinski definition) is 1. The van der Waals surface area contributed by atoms with Gasteiger partial charge in [0.05, 0.1) is 10.6 Å². The third kappa shape index (κ3) is 3.52. The number of halogens is 3. The zero-order valence-corrected chi connectivity index (χ0v) is 11.6. The van der Waals surface area contributed by atoms with Crippen LogP contribution >= 0.6 is 15.9 Å². The summed E-state index contributed by atoms with van der Waals surface area (Å²) in [4.78, 5) is 0. The highest BCUT2D eigenvalue weighted by Crippen LogP contribution is 2.32. The average Bonchev–Trinajstić information content (AvgIpc) is 2.30. The summed E-state index contributed by atoms with van der Waals surface area (Å²) in [7, 11) is 0. The van der Waals surface area contributed by atoms with Crippen LogP contribution in [0.25, 0.3) is 0 Å². The van der Waals surface area contributed by atoms with Gasteiger partial charge in [0.1, 0.15) is 23.1 Å². The van der Waals surface area contributed by atoms with Gasteiger partial charge in [0.25, 0.3) is 0 Å². The number of benzene rings is 2. The lowest BCUT2D eigenvalue weighted by molar-refractivity contribution is 0.199. The highest BCUT2D eigenvalue weighted by molar-refractivity contribution is 9.10. The van der Waals surface area contributed by atoms with Gasteiger partial charge in [-0.15, -0.1) is 0 Å². The zero-order valence-electron chi connectivity index (χ0n) is 10.0. The molecule has 0 amide bonds. The molecule has 100 valence electrons. The van der Waals surface area contributed by atoms with Crippen LogP contribution in [0.3, 0.4) is 0 Å². The van der Waals surface area contributed by atoms with Crippen LogP contribution in [0.4, 0.5) is 8.78 Å². The first kappa shape index (κ1) is 14.0. The fraction of sp³-hybridized carbons (Fsp3) is 0.143. The van der Waals surface area contributed by atoms with Crippen LogP contribution in [0.5, 0.6) is 11.5 Å². The van der Waals surface area contributed by atoms with Gasteiger partial charge < -0.3 is 9.84 Å². The van der Waals surface area contributed by atoms with Crippen LogP contribution in [-0.4, -0.2) is 5.11 Å². The third-order valence-corrected chi connectivity index (χ3v) is 3.12. The maximum atomic E-state index is 13.0. The van der Waals surface area contributed by atoms with E-state index in [-0.39, 0.29) is 5.75 Å². The molecule has 1 N–H and O–H groups in total. The van der Waals surface area contributed by atoms with Crippen molar-refractivity contribution in [2.24, 2.45) is 0 Å². The van der Waals surface area contributed by atoms with E-state index < -0.39 is 17.7 Å². The molecule has 0 radical (unpaired) electrons. The van der Waals surface area contributed by atoms with Crippen molar-refractivity contribution in [2.75, 3.05) is 0 Å². The van der Waals surface area contributed by atoms with Crippen molar-refractivity contribution in [3.63, 3.8) is 0 Å². The molecule has 0 saturated carbocycles. The minimum Gasteiger partial charge on any atom is -0.456 e. The van der Waals surface area contributed by atoms with E-state index in [0.29, 0.717) is 15.8 Å². The van der Waals surface area contributed by atoms with Crippen LogP contribution in [0.1, 0.15) is 18.6 Å². The fourth-order valence-corrected chi connectivity index (χ4v) is 2.05. The molecule has 19 heavy (non-hydrogen) atoms. The fourth-order valence-electron chi connectivity index (χ4n) is 1.57. The monoisotopic (exact) mass is 328 g/mol. The van der Waals surface area contributed by atoms with Gasteiger partial charge in [-0.25, -0.2) is 8.78 Å². The van der Waals surface area contributed by atoms with Crippen molar-refractivity contribution in [1.82, 2.24) is 0 Å². The lowest BCUT2D eigenvalue weighted by atomic mass is 10.1. The summed E-state index contributed by atoms with van der Waals surface area (Å²) in [6, 6.07) is 7.96. The van der Waals surface area contributed by atoms with Crippen LogP contribution in [0, 0.1) is 11.6 Å². The summed E-state index contributed by atoms with van der Waals surface area (Å²) in [5, 5.41) is 9.44. The van der Waals surface area contributed by atoms with Crippen LogP contribution in [-0.2, 0) is 0 Å². The highest BCUT2D eigenvalue weighted by Gasteiger charge is 2.08. The van der Waals surface area contributed by atoms with Crippen molar-refractivity contribution in [1.29, 1.82) is 0 Å². The molecule has 0 heterocycles. The van der Waals surface area contributed by atoms with Gasteiger partial charge in [-0.2, -0.15) is 0 Å². The summed E-state index contributed by atoms with van der Waals surface area (Å²) in [6.07, 6.45) is -0.600. The first-order chi connectivity index (χ1) is 8.95. The summed E-state index contributed by atoms with van der Waals surface area (Å²) in [5.41, 5.74) is 0.713. The number of ether oxygens (including phenoxy) is 1. The molecule has 2 aromatic rings. The molecule has 0 aromatic heterocycles. The van der Waals surface area contributed by atoms with Crippen LogP contribution in [0.2, 0.25) is 0 Å². The highest BCUT2D eigenvalue weighted by atomic mass is 79.9. The van der Waals surface area contributed by atoms with E-state index in [0.717, 1.165) is 18.2 Å². The van der Waals surface area contributed by atoms with E-state index in [4.69, 9.17) is 4.74 Å². The van der Waals surface area contributed by atoms with Crippen molar-refractivity contribution >= 4 is 15.9 Å². The Morgan fingerprint density at radius 3 is 2.26 bits per heavy atom. The average molecular weight is 329 g/mol. The second kappa shape index (κ2) is 5.67. The standard InChI is InChI=1S/C14H11BrF2O2/c1-8(18)9-2-3-14(13(15)4-9)19-12-6-10(16)5-11(17)7-12/h2-8,18H,1H3/t8-/m0/s1. The smallest absolute Gasteiger partial charge is 0.141 e. The van der Waals surface area contributed by atoms with Gasteiger partial charge in [-0.3, -0.25) is 0 Å². The maximum Gasteiger partial charge on any atom is 0.141 e. The number of rotatable bonds is 3. The lowest BCUT2D eigenvalue weighted by Gasteiger charge is -2.11. The largest absolute Gasteiger partial charge is 0.456 e. The van der Waals surface area contributed by atoms with Gasteiger partial charge >= 0.3 is 0 Å². The molecule has 0 aliphatic heterocycles. The summed E-state index contributed by atoms with van der Waals surface area (Å²) >= 11 is 3.29. The number of hydrogen-bond acceptors (Lipinski definition) is 2. The molecule has 0 bridgehead atoms. The van der Waals surface area contributed by atoms with E-state index in [1.807, 2.05) is 0 Å². The Labute approximate surface area is 117 Å². The Kier molecular flexibility index (Phi) is 4.17. The molecular weight excluding hydrogens is 318 g/mol. The molecule has 2 nitrogen and oxygen atoms in total. The van der Waals surface area contributed by atoms with E-state index in [9.17, 15) is 13.9 Å². The molecule has 0 unspecified atom stereocenters. The molecule has 2 rings (SSSR count). The van der Waals surface area contributed by atoms with Crippen molar-refractivity contribution < 1.29 is 18.6 Å². The van der Waals surface area contributed by atoms with Crippen molar-refractivity contribution in [3.8, 4) is 11.5 Å². The van der Waals surface area contributed by atoms with E-state index in [1.54, 1.807) is 25.1 Å². The Morgan fingerprint density at radius 2 is 1.74 bits per heavy atom. The van der Waals surface area contributed by atoms with Gasteiger partial charge in [0.15, 0.2) is 0 Å². The normalized spacial score (nSPS) is 12.3. The van der Waals surface area contributed by atoms with Gasteiger partial charge in [0, 0.05) is 18.2 Å². The second-order valence-corrected chi connectivity index (χ2v) is 4.93. The number of aliphatic hydroxyl groups excluding tert-OH is 1. The molecule has 0 aliphatic carbocycles. The van der Waals surface area contributed by atoms with Crippen molar-refractivity contribution in [2.45, 2.75) is 13.0 Å². The quantitative estimate of drug-likeness (QED) is 0.894. The molecule has 2 aromatic carbocycles. The zero-order chi connectivity index (χ0) is 14.0. The molecule has 0 spiro atoms. The molecular formula is C14H11BrF2O2. The Morgan fingerprint density at radius 1 is 1.11 bits per heavy atom. The lowest BCUT2D eigenvalue weighted by Crippen LogP contribution is -1.93. The summed E-state index contributed by atoms with van der Waals surface area (Å²) < 4.78 is 32.1. The first-order valence-corrected chi connectivity index (χ1v) is 6.36. The molecule has 5 heteroatoms. The van der Waals surface area contributed by atoms with Gasteiger partial charge in [0.2, 0.25) is 0 Å². The molecule has 1 atom stereocenters. The maximum absolute atomic E-state index is 13.0. The Hall–Kier alpha value is -1.46. The SMILES string of the molecule is C[C@H](O)c1ccc(Oc2cc(F)cc(F)c2)c(Br)c1. The van der Waals surface area contributed by atoms with E-state index >= 15 is 0 Å².